The molecule has 2 aromatic rings. The minimum Gasteiger partial charge on any atom is -0.394 e. The van der Waals surface area contributed by atoms with Crippen molar-refractivity contribution in [2.75, 3.05) is 13.2 Å². The van der Waals surface area contributed by atoms with Crippen molar-refractivity contribution in [1.29, 1.82) is 0 Å². The molecule has 0 aliphatic heterocycles. The molecule has 2 atom stereocenters. The first kappa shape index (κ1) is 13.7. The van der Waals surface area contributed by atoms with Crippen molar-refractivity contribution in [3.05, 3.63) is 66.0 Å². The van der Waals surface area contributed by atoms with Crippen molar-refractivity contribution in [2.24, 2.45) is 0 Å². The summed E-state index contributed by atoms with van der Waals surface area (Å²) in [4.78, 5) is 4.35. The number of hydrogen-bond donors (Lipinski definition) is 3. The fourth-order valence-corrected chi connectivity index (χ4v) is 1.90. The molecule has 0 amide bonds. The molecule has 0 spiro atoms. The standard InChI is InChI=1S/C15H18N2O2/c18-11-13(19)10-17-15(12-6-2-1-3-7-12)14-8-4-5-9-16-14/h1-9,13,15,17-19H,10-11H2. The second kappa shape index (κ2) is 6.99. The first-order valence-electron chi connectivity index (χ1n) is 6.29. The highest BCUT2D eigenvalue weighted by molar-refractivity contribution is 5.27. The number of rotatable bonds is 6. The molecule has 2 rings (SSSR count). The number of benzene rings is 1. The molecule has 0 saturated carbocycles. The van der Waals surface area contributed by atoms with Crippen LogP contribution in [0.2, 0.25) is 0 Å². The summed E-state index contributed by atoms with van der Waals surface area (Å²) in [6.45, 7) is 0.0589. The Kier molecular flexibility index (Phi) is 5.03. The summed E-state index contributed by atoms with van der Waals surface area (Å²) in [6, 6.07) is 15.6. The van der Waals surface area contributed by atoms with Crippen LogP contribution >= 0.6 is 0 Å². The van der Waals surface area contributed by atoms with E-state index in [2.05, 4.69) is 10.3 Å². The third-order valence-corrected chi connectivity index (χ3v) is 2.88. The topological polar surface area (TPSA) is 65.4 Å². The molecule has 0 radical (unpaired) electrons. The van der Waals surface area contributed by atoms with Gasteiger partial charge in [-0.2, -0.15) is 0 Å². The van der Waals surface area contributed by atoms with Gasteiger partial charge in [-0.1, -0.05) is 36.4 Å². The van der Waals surface area contributed by atoms with Crippen LogP contribution in [0, 0.1) is 0 Å². The first-order chi connectivity index (χ1) is 9.31. The Morgan fingerprint density at radius 3 is 2.42 bits per heavy atom. The summed E-state index contributed by atoms with van der Waals surface area (Å²) in [5, 5.41) is 21.6. The van der Waals surface area contributed by atoms with Crippen LogP contribution in [0.4, 0.5) is 0 Å². The molecular weight excluding hydrogens is 240 g/mol. The summed E-state index contributed by atoms with van der Waals surface area (Å²) < 4.78 is 0. The van der Waals surface area contributed by atoms with E-state index >= 15 is 0 Å². The van der Waals surface area contributed by atoms with Crippen molar-refractivity contribution in [3.63, 3.8) is 0 Å². The monoisotopic (exact) mass is 258 g/mol. The van der Waals surface area contributed by atoms with Crippen LogP contribution in [0.5, 0.6) is 0 Å². The molecule has 0 fully saturated rings. The highest BCUT2D eigenvalue weighted by atomic mass is 16.3. The van der Waals surface area contributed by atoms with Gasteiger partial charge in [0.05, 0.1) is 24.4 Å². The quantitative estimate of drug-likeness (QED) is 0.726. The van der Waals surface area contributed by atoms with Crippen LogP contribution in [0.3, 0.4) is 0 Å². The fourth-order valence-electron chi connectivity index (χ4n) is 1.90. The molecule has 0 bridgehead atoms. The summed E-state index contributed by atoms with van der Waals surface area (Å²) >= 11 is 0. The van der Waals surface area contributed by atoms with Gasteiger partial charge >= 0.3 is 0 Å². The van der Waals surface area contributed by atoms with E-state index in [0.29, 0.717) is 6.54 Å². The molecule has 2 unspecified atom stereocenters. The van der Waals surface area contributed by atoms with Crippen LogP contribution in [0.1, 0.15) is 17.3 Å². The summed E-state index contributed by atoms with van der Waals surface area (Å²) in [5.74, 6) is 0. The molecule has 1 aromatic carbocycles. The number of aromatic nitrogens is 1. The lowest BCUT2D eigenvalue weighted by molar-refractivity contribution is 0.0928. The van der Waals surface area contributed by atoms with E-state index in [-0.39, 0.29) is 12.6 Å². The second-order valence-electron chi connectivity index (χ2n) is 4.34. The van der Waals surface area contributed by atoms with E-state index in [0.717, 1.165) is 11.3 Å². The normalized spacial score (nSPS) is 14.0. The van der Waals surface area contributed by atoms with Gasteiger partial charge in [-0.05, 0) is 17.7 Å². The van der Waals surface area contributed by atoms with E-state index < -0.39 is 6.10 Å². The molecule has 4 heteroatoms. The molecule has 1 aromatic heterocycles. The van der Waals surface area contributed by atoms with Gasteiger partial charge in [-0.25, -0.2) is 0 Å². The molecular formula is C15H18N2O2. The zero-order chi connectivity index (χ0) is 13.5. The molecule has 0 aliphatic carbocycles. The maximum Gasteiger partial charge on any atom is 0.0895 e. The van der Waals surface area contributed by atoms with Gasteiger partial charge in [0.1, 0.15) is 0 Å². The largest absolute Gasteiger partial charge is 0.394 e. The Morgan fingerprint density at radius 2 is 1.79 bits per heavy atom. The fraction of sp³-hybridized carbons (Fsp3) is 0.267. The molecule has 0 aliphatic rings. The predicted octanol–water partition coefficient (Wildman–Crippen LogP) is 1.11. The number of hydrogen-bond acceptors (Lipinski definition) is 4. The SMILES string of the molecule is OCC(O)CNC(c1ccccc1)c1ccccn1. The van der Waals surface area contributed by atoms with Crippen LogP contribution in [-0.2, 0) is 0 Å². The summed E-state index contributed by atoms with van der Waals surface area (Å²) in [7, 11) is 0. The van der Waals surface area contributed by atoms with Gasteiger partial charge in [-0.3, -0.25) is 4.98 Å². The van der Waals surface area contributed by atoms with Crippen molar-refractivity contribution in [1.82, 2.24) is 10.3 Å². The van der Waals surface area contributed by atoms with Crippen molar-refractivity contribution in [3.8, 4) is 0 Å². The van der Waals surface area contributed by atoms with E-state index in [1.54, 1.807) is 6.20 Å². The molecule has 1 heterocycles. The predicted molar refractivity (Wildman–Crippen MR) is 73.6 cm³/mol. The Morgan fingerprint density at radius 1 is 1.05 bits per heavy atom. The van der Waals surface area contributed by atoms with Crippen LogP contribution in [-0.4, -0.2) is 34.5 Å². The first-order valence-corrected chi connectivity index (χ1v) is 6.29. The van der Waals surface area contributed by atoms with Crippen molar-refractivity contribution >= 4 is 0 Å². The van der Waals surface area contributed by atoms with Gasteiger partial charge in [0.2, 0.25) is 0 Å². The average molecular weight is 258 g/mol. The van der Waals surface area contributed by atoms with Crippen molar-refractivity contribution in [2.45, 2.75) is 12.1 Å². The maximum absolute atomic E-state index is 9.47. The second-order valence-corrected chi connectivity index (χ2v) is 4.34. The van der Waals surface area contributed by atoms with Crippen LogP contribution < -0.4 is 5.32 Å². The molecule has 19 heavy (non-hydrogen) atoms. The molecule has 0 saturated heterocycles. The van der Waals surface area contributed by atoms with Crippen LogP contribution in [0.15, 0.2) is 54.7 Å². The van der Waals surface area contributed by atoms with Gasteiger partial charge in [0.25, 0.3) is 0 Å². The Hall–Kier alpha value is -1.75. The van der Waals surface area contributed by atoms with Gasteiger partial charge in [0.15, 0.2) is 0 Å². The minimum atomic E-state index is -0.769. The van der Waals surface area contributed by atoms with Crippen molar-refractivity contribution < 1.29 is 10.2 Å². The Labute approximate surface area is 112 Å². The highest BCUT2D eigenvalue weighted by Crippen LogP contribution is 2.19. The number of aliphatic hydroxyl groups is 2. The zero-order valence-corrected chi connectivity index (χ0v) is 10.6. The Balaban J connectivity index is 2.19. The number of nitrogens with zero attached hydrogens (tertiary/aromatic N) is 1. The lowest BCUT2D eigenvalue weighted by atomic mass is 10.0. The van der Waals surface area contributed by atoms with E-state index in [1.807, 2.05) is 48.5 Å². The summed E-state index contributed by atoms with van der Waals surface area (Å²) in [6.07, 6.45) is 0.977. The Bertz CT molecular complexity index is 437. The zero-order valence-electron chi connectivity index (χ0n) is 10.6. The molecule has 4 nitrogen and oxygen atoms in total. The lowest BCUT2D eigenvalue weighted by Crippen LogP contribution is -2.33. The number of aliphatic hydroxyl groups excluding tert-OH is 2. The third kappa shape index (κ3) is 3.86. The van der Waals surface area contributed by atoms with E-state index in [9.17, 15) is 5.11 Å². The summed E-state index contributed by atoms with van der Waals surface area (Å²) in [5.41, 5.74) is 1.96. The third-order valence-electron chi connectivity index (χ3n) is 2.88. The smallest absolute Gasteiger partial charge is 0.0895 e. The average Bonchev–Trinajstić information content (AvgIpc) is 2.49. The van der Waals surface area contributed by atoms with Gasteiger partial charge in [-0.15, -0.1) is 0 Å². The van der Waals surface area contributed by atoms with Crippen LogP contribution in [0.25, 0.3) is 0 Å². The maximum atomic E-state index is 9.47. The van der Waals surface area contributed by atoms with E-state index in [4.69, 9.17) is 5.11 Å². The lowest BCUT2D eigenvalue weighted by Gasteiger charge is -2.20. The molecule has 3 N–H and O–H groups in total. The van der Waals surface area contributed by atoms with E-state index in [1.165, 1.54) is 0 Å². The number of pyridine rings is 1. The minimum absolute atomic E-state index is 0.0939. The highest BCUT2D eigenvalue weighted by Gasteiger charge is 2.15. The molecule has 100 valence electrons. The van der Waals surface area contributed by atoms with Gasteiger partial charge < -0.3 is 15.5 Å². The number of nitrogens with one attached hydrogen (secondary N) is 1. The van der Waals surface area contributed by atoms with Gasteiger partial charge in [0, 0.05) is 12.7 Å².